The van der Waals surface area contributed by atoms with Crippen molar-refractivity contribution in [3.63, 3.8) is 0 Å². The number of carboxylic acid groups (broad SMARTS) is 1. The summed E-state index contributed by atoms with van der Waals surface area (Å²) in [6.45, 7) is 7.46. The summed E-state index contributed by atoms with van der Waals surface area (Å²) in [5.74, 6) is -1.18. The van der Waals surface area contributed by atoms with Gasteiger partial charge in [0.15, 0.2) is 0 Å². The third kappa shape index (κ3) is 3.64. The predicted octanol–water partition coefficient (Wildman–Crippen LogP) is 0.687. The number of carboxylic acids is 1. The summed E-state index contributed by atoms with van der Waals surface area (Å²) in [5, 5.41) is 8.60. The van der Waals surface area contributed by atoms with Gasteiger partial charge in [-0.2, -0.15) is 4.31 Å². The first-order valence-electron chi connectivity index (χ1n) is 4.45. The molecule has 0 aliphatic carbocycles. The van der Waals surface area contributed by atoms with Crippen LogP contribution in [-0.4, -0.2) is 41.6 Å². The number of hydrogen-bond acceptors (Lipinski definition) is 3. The summed E-state index contributed by atoms with van der Waals surface area (Å²) in [7, 11) is -3.61. The molecule has 0 aromatic carbocycles. The van der Waals surface area contributed by atoms with Gasteiger partial charge in [0, 0.05) is 6.54 Å². The van der Waals surface area contributed by atoms with E-state index in [1.165, 1.54) is 26.8 Å². The van der Waals surface area contributed by atoms with Crippen molar-refractivity contribution in [2.75, 3.05) is 13.1 Å². The monoisotopic (exact) mass is 235 g/mol. The van der Waals surface area contributed by atoms with E-state index in [1.54, 1.807) is 0 Å². The van der Waals surface area contributed by atoms with Crippen LogP contribution < -0.4 is 0 Å². The van der Waals surface area contributed by atoms with Crippen molar-refractivity contribution in [2.24, 2.45) is 0 Å². The van der Waals surface area contributed by atoms with E-state index in [2.05, 4.69) is 6.58 Å². The number of rotatable bonds is 5. The normalized spacial score (nSPS) is 12.8. The van der Waals surface area contributed by atoms with Gasteiger partial charge in [0.25, 0.3) is 0 Å². The molecule has 0 aliphatic heterocycles. The molecule has 0 amide bonds. The largest absolute Gasteiger partial charge is 0.480 e. The highest BCUT2D eigenvalue weighted by atomic mass is 32.2. The number of carbonyl (C=O) groups is 1. The Bertz CT molecular complexity index is 340. The maximum Gasteiger partial charge on any atom is 0.318 e. The lowest BCUT2D eigenvalue weighted by Crippen LogP contribution is -2.45. The van der Waals surface area contributed by atoms with Crippen LogP contribution in [0.1, 0.15) is 20.8 Å². The summed E-state index contributed by atoms with van der Waals surface area (Å²) in [6, 6.07) is 0. The van der Waals surface area contributed by atoms with E-state index in [1.807, 2.05) is 0 Å². The Kier molecular flexibility index (Phi) is 4.48. The first-order chi connectivity index (χ1) is 6.63. The molecule has 0 spiro atoms. The van der Waals surface area contributed by atoms with Gasteiger partial charge >= 0.3 is 5.97 Å². The number of sulfonamides is 1. The van der Waals surface area contributed by atoms with Crippen LogP contribution >= 0.6 is 0 Å². The lowest BCUT2D eigenvalue weighted by Gasteiger charge is -2.27. The van der Waals surface area contributed by atoms with Crippen LogP contribution in [0.2, 0.25) is 0 Å². The maximum atomic E-state index is 11.9. The summed E-state index contributed by atoms with van der Waals surface area (Å²) >= 11 is 0. The Labute approximate surface area is 90.4 Å². The molecule has 0 radical (unpaired) electrons. The van der Waals surface area contributed by atoms with Crippen molar-refractivity contribution in [3.8, 4) is 0 Å². The van der Waals surface area contributed by atoms with Gasteiger partial charge in [-0.05, 0) is 20.8 Å². The third-order valence-electron chi connectivity index (χ3n) is 1.76. The molecule has 0 aromatic rings. The van der Waals surface area contributed by atoms with Crippen LogP contribution in [0.3, 0.4) is 0 Å². The first kappa shape index (κ1) is 14.1. The first-order valence-corrected chi connectivity index (χ1v) is 5.89. The van der Waals surface area contributed by atoms with E-state index in [0.29, 0.717) is 0 Å². The zero-order chi connectivity index (χ0) is 12.3. The molecule has 0 aromatic heterocycles. The Balaban J connectivity index is 5.08. The topological polar surface area (TPSA) is 74.7 Å². The van der Waals surface area contributed by atoms with Crippen molar-refractivity contribution >= 4 is 16.0 Å². The molecule has 0 aliphatic rings. The molecular weight excluding hydrogens is 218 g/mol. The van der Waals surface area contributed by atoms with E-state index in [-0.39, 0.29) is 6.54 Å². The van der Waals surface area contributed by atoms with Gasteiger partial charge in [0.1, 0.15) is 6.54 Å². The molecule has 0 bridgehead atoms. The zero-order valence-electron chi connectivity index (χ0n) is 9.23. The average molecular weight is 235 g/mol. The highest BCUT2D eigenvalue weighted by Crippen LogP contribution is 2.19. The maximum absolute atomic E-state index is 11.9. The summed E-state index contributed by atoms with van der Waals surface area (Å²) < 4.78 is 23.7. The van der Waals surface area contributed by atoms with E-state index < -0.39 is 27.3 Å². The average Bonchev–Trinajstić information content (AvgIpc) is 2.00. The Morgan fingerprint density at radius 2 is 1.93 bits per heavy atom. The molecule has 5 nitrogen and oxygen atoms in total. The molecular formula is C9H17NO4S. The van der Waals surface area contributed by atoms with E-state index in [4.69, 9.17) is 5.11 Å². The number of aliphatic carboxylic acids is 1. The van der Waals surface area contributed by atoms with Crippen LogP contribution in [0.5, 0.6) is 0 Å². The van der Waals surface area contributed by atoms with Gasteiger partial charge in [0.05, 0.1) is 4.75 Å². The van der Waals surface area contributed by atoms with Crippen molar-refractivity contribution in [1.29, 1.82) is 0 Å². The van der Waals surface area contributed by atoms with Crippen molar-refractivity contribution in [1.82, 2.24) is 4.31 Å². The fraction of sp³-hybridized carbons (Fsp3) is 0.667. The zero-order valence-corrected chi connectivity index (χ0v) is 10.0. The van der Waals surface area contributed by atoms with Crippen LogP contribution in [0, 0.1) is 0 Å². The standard InChI is InChI=1S/C9H17NO4S/c1-5-6-10(7-8(11)12)15(13,14)9(2,3)4/h5H,1,6-7H2,2-4H3,(H,11,12). The molecule has 88 valence electrons. The second-order valence-electron chi connectivity index (χ2n) is 4.09. The highest BCUT2D eigenvalue weighted by Gasteiger charge is 2.35. The minimum Gasteiger partial charge on any atom is -0.480 e. The van der Waals surface area contributed by atoms with Crippen LogP contribution in [0.4, 0.5) is 0 Å². The Morgan fingerprint density at radius 3 is 2.20 bits per heavy atom. The predicted molar refractivity (Wildman–Crippen MR) is 58.1 cm³/mol. The Morgan fingerprint density at radius 1 is 1.47 bits per heavy atom. The van der Waals surface area contributed by atoms with Crippen molar-refractivity contribution in [3.05, 3.63) is 12.7 Å². The molecule has 1 N–H and O–H groups in total. The van der Waals surface area contributed by atoms with E-state index >= 15 is 0 Å². The van der Waals surface area contributed by atoms with E-state index in [0.717, 1.165) is 4.31 Å². The number of hydrogen-bond donors (Lipinski definition) is 1. The van der Waals surface area contributed by atoms with Crippen LogP contribution in [0.25, 0.3) is 0 Å². The molecule has 0 fully saturated rings. The molecule has 0 heterocycles. The SMILES string of the molecule is C=CCN(CC(=O)O)S(=O)(=O)C(C)(C)C. The van der Waals surface area contributed by atoms with Gasteiger partial charge in [0.2, 0.25) is 10.0 Å². The minimum absolute atomic E-state index is 0.00586. The molecule has 0 saturated heterocycles. The molecule has 6 heteroatoms. The third-order valence-corrected chi connectivity index (χ3v) is 4.26. The van der Waals surface area contributed by atoms with Crippen LogP contribution in [-0.2, 0) is 14.8 Å². The summed E-state index contributed by atoms with van der Waals surface area (Å²) in [5.41, 5.74) is 0. The number of nitrogens with zero attached hydrogens (tertiary/aromatic N) is 1. The highest BCUT2D eigenvalue weighted by molar-refractivity contribution is 7.90. The molecule has 0 unspecified atom stereocenters. The molecule has 0 saturated carbocycles. The fourth-order valence-corrected chi connectivity index (χ4v) is 2.29. The van der Waals surface area contributed by atoms with Crippen molar-refractivity contribution < 1.29 is 18.3 Å². The lowest BCUT2D eigenvalue weighted by molar-refractivity contribution is -0.137. The van der Waals surface area contributed by atoms with Gasteiger partial charge in [-0.3, -0.25) is 4.79 Å². The lowest BCUT2D eigenvalue weighted by atomic mass is 10.3. The molecule has 15 heavy (non-hydrogen) atoms. The Hall–Kier alpha value is -0.880. The van der Waals surface area contributed by atoms with Crippen molar-refractivity contribution in [2.45, 2.75) is 25.5 Å². The minimum atomic E-state index is -3.61. The van der Waals surface area contributed by atoms with E-state index in [9.17, 15) is 13.2 Å². The molecule has 0 atom stereocenters. The summed E-state index contributed by atoms with van der Waals surface area (Å²) in [6.07, 6.45) is 1.37. The second-order valence-corrected chi connectivity index (χ2v) is 6.78. The van der Waals surface area contributed by atoms with Gasteiger partial charge < -0.3 is 5.11 Å². The molecule has 0 rings (SSSR count). The van der Waals surface area contributed by atoms with Gasteiger partial charge in [-0.25, -0.2) is 8.42 Å². The van der Waals surface area contributed by atoms with Gasteiger partial charge in [-0.1, -0.05) is 6.08 Å². The van der Waals surface area contributed by atoms with Crippen LogP contribution in [0.15, 0.2) is 12.7 Å². The van der Waals surface area contributed by atoms with Gasteiger partial charge in [-0.15, -0.1) is 6.58 Å². The second kappa shape index (κ2) is 4.76. The summed E-state index contributed by atoms with van der Waals surface area (Å²) in [4.78, 5) is 10.5. The fourth-order valence-electron chi connectivity index (χ4n) is 0.930. The smallest absolute Gasteiger partial charge is 0.318 e. The quantitative estimate of drug-likeness (QED) is 0.711.